The Hall–Kier alpha value is -1.06. The number of carbonyl (C=O) groups excluding carboxylic acids is 1. The maximum atomic E-state index is 12.0. The van der Waals surface area contributed by atoms with E-state index in [0.717, 1.165) is 0 Å². The van der Waals surface area contributed by atoms with Crippen LogP contribution in [0.3, 0.4) is 0 Å². The van der Waals surface area contributed by atoms with Crippen molar-refractivity contribution >= 4 is 17.5 Å². The summed E-state index contributed by atoms with van der Waals surface area (Å²) in [4.78, 5) is 12.0. The topological polar surface area (TPSA) is 49.3 Å². The molecule has 0 aliphatic rings. The molecule has 2 N–H and O–H groups in total. The lowest BCUT2D eigenvalue weighted by atomic mass is 9.93. The second-order valence-corrected chi connectivity index (χ2v) is 4.55. The molecule has 0 saturated heterocycles. The molecule has 17 heavy (non-hydrogen) atoms. The van der Waals surface area contributed by atoms with Gasteiger partial charge in [-0.15, -0.1) is 0 Å². The first kappa shape index (κ1) is 14.0. The number of hydrogen-bond donors (Lipinski definition) is 2. The predicted octanol–water partition coefficient (Wildman–Crippen LogP) is 2.62. The summed E-state index contributed by atoms with van der Waals surface area (Å²) < 4.78 is 0. The van der Waals surface area contributed by atoms with Crippen LogP contribution in [0.25, 0.3) is 0 Å². The van der Waals surface area contributed by atoms with Crippen LogP contribution in [0.2, 0.25) is 5.02 Å². The molecule has 3 nitrogen and oxygen atoms in total. The Kier molecular flexibility index (Phi) is 4.97. The monoisotopic (exact) mass is 255 g/mol. The van der Waals surface area contributed by atoms with Gasteiger partial charge in [0.25, 0.3) is 5.91 Å². The lowest BCUT2D eigenvalue weighted by Gasteiger charge is -2.30. The van der Waals surface area contributed by atoms with Crippen LogP contribution < -0.4 is 5.32 Å². The smallest absolute Gasteiger partial charge is 0.251 e. The van der Waals surface area contributed by atoms with Crippen LogP contribution in [0.5, 0.6) is 0 Å². The fraction of sp³-hybridized carbons (Fsp3) is 0.462. The molecule has 1 aromatic rings. The lowest BCUT2D eigenvalue weighted by molar-refractivity contribution is 0.0818. The molecule has 0 spiro atoms. The zero-order chi connectivity index (χ0) is 12.9. The summed E-state index contributed by atoms with van der Waals surface area (Å²) in [5.74, 6) is -0.203. The number of carbonyl (C=O) groups is 1. The van der Waals surface area contributed by atoms with Gasteiger partial charge >= 0.3 is 0 Å². The highest BCUT2D eigenvalue weighted by molar-refractivity contribution is 6.30. The van der Waals surface area contributed by atoms with Gasteiger partial charge < -0.3 is 10.4 Å². The maximum Gasteiger partial charge on any atom is 0.251 e. The van der Waals surface area contributed by atoms with Gasteiger partial charge in [0.2, 0.25) is 0 Å². The number of benzene rings is 1. The van der Waals surface area contributed by atoms with Gasteiger partial charge in [-0.3, -0.25) is 4.79 Å². The molecule has 1 aromatic carbocycles. The molecule has 0 atom stereocenters. The fourth-order valence-electron chi connectivity index (χ4n) is 1.63. The summed E-state index contributed by atoms with van der Waals surface area (Å²) in [7, 11) is 0. The van der Waals surface area contributed by atoms with Crippen LogP contribution in [-0.4, -0.2) is 23.2 Å². The van der Waals surface area contributed by atoms with Crippen LogP contribution in [0.15, 0.2) is 24.3 Å². The second-order valence-electron chi connectivity index (χ2n) is 4.11. The summed E-state index contributed by atoms with van der Waals surface area (Å²) >= 11 is 5.83. The molecular formula is C13H18ClNO2. The summed E-state index contributed by atoms with van der Waals surface area (Å²) in [6.45, 7) is 3.82. The normalized spacial score (nSPS) is 11.3. The molecule has 0 aliphatic heterocycles. The molecule has 0 heterocycles. The third kappa shape index (κ3) is 3.45. The average molecular weight is 256 g/mol. The SMILES string of the molecule is CCC(CC)(CO)NC(=O)c1cccc(Cl)c1. The molecule has 0 radical (unpaired) electrons. The number of nitrogens with one attached hydrogen (secondary N) is 1. The molecule has 0 unspecified atom stereocenters. The number of aliphatic hydroxyl groups excluding tert-OH is 1. The number of rotatable bonds is 5. The third-order valence-electron chi connectivity index (χ3n) is 3.12. The summed E-state index contributed by atoms with van der Waals surface area (Å²) in [5, 5.41) is 12.8. The summed E-state index contributed by atoms with van der Waals surface area (Å²) in [5.41, 5.74) is -0.0309. The van der Waals surface area contributed by atoms with Crippen molar-refractivity contribution in [2.75, 3.05) is 6.61 Å². The molecule has 1 amide bonds. The molecular weight excluding hydrogens is 238 g/mol. The van der Waals surface area contributed by atoms with E-state index in [0.29, 0.717) is 23.4 Å². The Labute approximate surface area is 107 Å². The zero-order valence-electron chi connectivity index (χ0n) is 10.2. The van der Waals surface area contributed by atoms with Gasteiger partial charge in [-0.05, 0) is 31.0 Å². The number of aliphatic hydroxyl groups is 1. The average Bonchev–Trinajstić information content (AvgIpc) is 2.36. The summed E-state index contributed by atoms with van der Waals surface area (Å²) in [6.07, 6.45) is 1.37. The van der Waals surface area contributed by atoms with E-state index in [1.807, 2.05) is 13.8 Å². The Bertz CT molecular complexity index is 380. The third-order valence-corrected chi connectivity index (χ3v) is 3.36. The Morgan fingerprint density at radius 3 is 2.53 bits per heavy atom. The van der Waals surface area contributed by atoms with Crippen molar-refractivity contribution in [3.8, 4) is 0 Å². The standard InChI is InChI=1S/C13H18ClNO2/c1-3-13(4-2,9-16)15-12(17)10-6-5-7-11(14)8-10/h5-8,16H,3-4,9H2,1-2H3,(H,15,17). The minimum atomic E-state index is -0.542. The second kappa shape index (κ2) is 6.03. The van der Waals surface area contributed by atoms with Crippen LogP contribution in [0.4, 0.5) is 0 Å². The minimum Gasteiger partial charge on any atom is -0.394 e. The van der Waals surface area contributed by atoms with Crippen LogP contribution in [0.1, 0.15) is 37.0 Å². The van der Waals surface area contributed by atoms with Gasteiger partial charge in [-0.25, -0.2) is 0 Å². The van der Waals surface area contributed by atoms with Crippen molar-refractivity contribution in [1.82, 2.24) is 5.32 Å². The Morgan fingerprint density at radius 1 is 1.41 bits per heavy atom. The van der Waals surface area contributed by atoms with Gasteiger partial charge in [-0.2, -0.15) is 0 Å². The molecule has 94 valence electrons. The van der Waals surface area contributed by atoms with Crippen molar-refractivity contribution in [1.29, 1.82) is 0 Å². The van der Waals surface area contributed by atoms with Gasteiger partial charge in [-0.1, -0.05) is 31.5 Å². The van der Waals surface area contributed by atoms with Crippen LogP contribution >= 0.6 is 11.6 Å². The molecule has 0 aromatic heterocycles. The molecule has 0 saturated carbocycles. The highest BCUT2D eigenvalue weighted by Crippen LogP contribution is 2.16. The van der Waals surface area contributed by atoms with E-state index in [4.69, 9.17) is 11.6 Å². The fourth-order valence-corrected chi connectivity index (χ4v) is 1.82. The van der Waals surface area contributed by atoms with Crippen molar-refractivity contribution in [2.45, 2.75) is 32.2 Å². The first-order valence-corrected chi connectivity index (χ1v) is 6.13. The molecule has 1 rings (SSSR count). The minimum absolute atomic E-state index is 0.0632. The van der Waals surface area contributed by atoms with E-state index in [1.165, 1.54) is 0 Å². The van der Waals surface area contributed by atoms with Crippen molar-refractivity contribution < 1.29 is 9.90 Å². The highest BCUT2D eigenvalue weighted by Gasteiger charge is 2.27. The van der Waals surface area contributed by atoms with Gasteiger partial charge in [0.1, 0.15) is 0 Å². The number of halogens is 1. The van der Waals surface area contributed by atoms with Gasteiger partial charge in [0.15, 0.2) is 0 Å². The van der Waals surface area contributed by atoms with Crippen LogP contribution in [-0.2, 0) is 0 Å². The van der Waals surface area contributed by atoms with E-state index < -0.39 is 5.54 Å². The maximum absolute atomic E-state index is 12.0. The van der Waals surface area contributed by atoms with E-state index >= 15 is 0 Å². The Morgan fingerprint density at radius 2 is 2.06 bits per heavy atom. The van der Waals surface area contributed by atoms with E-state index in [1.54, 1.807) is 24.3 Å². The molecule has 0 fully saturated rings. The van der Waals surface area contributed by atoms with Crippen molar-refractivity contribution in [2.24, 2.45) is 0 Å². The molecule has 0 bridgehead atoms. The largest absolute Gasteiger partial charge is 0.394 e. The summed E-state index contributed by atoms with van der Waals surface area (Å²) in [6, 6.07) is 6.77. The van der Waals surface area contributed by atoms with Gasteiger partial charge in [0.05, 0.1) is 12.1 Å². The van der Waals surface area contributed by atoms with Crippen molar-refractivity contribution in [3.63, 3.8) is 0 Å². The van der Waals surface area contributed by atoms with E-state index in [2.05, 4.69) is 5.32 Å². The quantitative estimate of drug-likeness (QED) is 0.850. The number of amides is 1. The van der Waals surface area contributed by atoms with E-state index in [-0.39, 0.29) is 12.5 Å². The number of hydrogen-bond acceptors (Lipinski definition) is 2. The first-order valence-electron chi connectivity index (χ1n) is 5.76. The molecule has 0 aliphatic carbocycles. The van der Waals surface area contributed by atoms with Crippen molar-refractivity contribution in [3.05, 3.63) is 34.9 Å². The van der Waals surface area contributed by atoms with Gasteiger partial charge in [0, 0.05) is 10.6 Å². The highest BCUT2D eigenvalue weighted by atomic mass is 35.5. The molecule has 4 heteroatoms. The van der Waals surface area contributed by atoms with E-state index in [9.17, 15) is 9.90 Å². The zero-order valence-corrected chi connectivity index (χ0v) is 10.9. The Balaban J connectivity index is 2.84. The lowest BCUT2D eigenvalue weighted by Crippen LogP contribution is -2.50. The first-order chi connectivity index (χ1) is 8.06. The predicted molar refractivity (Wildman–Crippen MR) is 69.3 cm³/mol. The van der Waals surface area contributed by atoms with Crippen LogP contribution in [0, 0.1) is 0 Å².